The number of alkyl halides is 1. The fourth-order valence-electron chi connectivity index (χ4n) is 2.45. The monoisotopic (exact) mass is 158 g/mol. The Morgan fingerprint density at radius 1 is 1.30 bits per heavy atom. The number of hydrogen-bond donors (Lipinski definition) is 0. The van der Waals surface area contributed by atoms with Crippen molar-refractivity contribution in [3.8, 4) is 0 Å². The zero-order valence-corrected chi connectivity index (χ0v) is 6.55. The lowest BCUT2D eigenvalue weighted by molar-refractivity contribution is -0.112. The number of aldehydes is 1. The third kappa shape index (κ3) is 0.731. The molecule has 0 heterocycles. The van der Waals surface area contributed by atoms with E-state index in [1.54, 1.807) is 0 Å². The Labute approximate surface area is 65.7 Å². The highest BCUT2D eigenvalue weighted by atomic mass is 35.5. The molecule has 4 atom stereocenters. The van der Waals surface area contributed by atoms with Crippen LogP contribution in [0.1, 0.15) is 19.3 Å². The van der Waals surface area contributed by atoms with Crippen LogP contribution in [0, 0.1) is 17.8 Å². The van der Waals surface area contributed by atoms with Crippen molar-refractivity contribution in [2.24, 2.45) is 17.8 Å². The summed E-state index contributed by atoms with van der Waals surface area (Å²) in [4.78, 5) is 10.5. The summed E-state index contributed by atoms with van der Waals surface area (Å²) < 4.78 is 0. The van der Waals surface area contributed by atoms with E-state index in [4.69, 9.17) is 11.6 Å². The van der Waals surface area contributed by atoms with Crippen LogP contribution in [-0.2, 0) is 4.79 Å². The fraction of sp³-hybridized carbons (Fsp3) is 0.875. The van der Waals surface area contributed by atoms with E-state index < -0.39 is 0 Å². The highest BCUT2D eigenvalue weighted by Crippen LogP contribution is 2.49. The van der Waals surface area contributed by atoms with Gasteiger partial charge in [-0.2, -0.15) is 0 Å². The van der Waals surface area contributed by atoms with Gasteiger partial charge < -0.3 is 4.79 Å². The first-order valence-electron chi connectivity index (χ1n) is 3.92. The molecular weight excluding hydrogens is 148 g/mol. The summed E-state index contributed by atoms with van der Waals surface area (Å²) in [6.07, 6.45) is 4.75. The van der Waals surface area contributed by atoms with Gasteiger partial charge in [-0.1, -0.05) is 0 Å². The number of halogens is 1. The molecule has 1 nitrogen and oxygen atoms in total. The SMILES string of the molecule is O=CC1C2CCC(C2)C1Cl. The topological polar surface area (TPSA) is 17.1 Å². The summed E-state index contributed by atoms with van der Waals surface area (Å²) in [6.45, 7) is 0. The Balaban J connectivity index is 2.16. The number of hydrogen-bond acceptors (Lipinski definition) is 1. The summed E-state index contributed by atoms with van der Waals surface area (Å²) in [7, 11) is 0. The molecular formula is C8H11ClO. The molecule has 2 heteroatoms. The average Bonchev–Trinajstić information content (AvgIpc) is 2.46. The van der Waals surface area contributed by atoms with E-state index in [1.165, 1.54) is 19.3 Å². The van der Waals surface area contributed by atoms with Crippen molar-refractivity contribution in [3.05, 3.63) is 0 Å². The Bertz CT molecular complexity index is 155. The molecule has 2 aliphatic carbocycles. The molecule has 2 bridgehead atoms. The predicted octanol–water partition coefficient (Wildman–Crippen LogP) is 1.84. The van der Waals surface area contributed by atoms with Gasteiger partial charge in [-0.05, 0) is 31.1 Å². The Morgan fingerprint density at radius 2 is 2.00 bits per heavy atom. The predicted molar refractivity (Wildman–Crippen MR) is 40.0 cm³/mol. The molecule has 4 unspecified atom stereocenters. The summed E-state index contributed by atoms with van der Waals surface area (Å²) >= 11 is 6.04. The second kappa shape index (κ2) is 2.23. The molecule has 0 aliphatic heterocycles. The molecule has 2 fully saturated rings. The Hall–Kier alpha value is -0.0400. The van der Waals surface area contributed by atoms with Crippen molar-refractivity contribution in [2.75, 3.05) is 0 Å². The smallest absolute Gasteiger partial charge is 0.124 e. The van der Waals surface area contributed by atoms with Crippen LogP contribution in [-0.4, -0.2) is 11.7 Å². The molecule has 0 aromatic heterocycles. The summed E-state index contributed by atoms with van der Waals surface area (Å²) in [5.41, 5.74) is 0. The van der Waals surface area contributed by atoms with Crippen LogP contribution in [0.25, 0.3) is 0 Å². The molecule has 56 valence electrons. The summed E-state index contributed by atoms with van der Waals surface area (Å²) in [5, 5.41) is 0.163. The largest absolute Gasteiger partial charge is 0.303 e. The minimum Gasteiger partial charge on any atom is -0.303 e. The lowest BCUT2D eigenvalue weighted by Gasteiger charge is -2.20. The van der Waals surface area contributed by atoms with E-state index in [0.717, 1.165) is 6.29 Å². The molecule has 2 rings (SSSR count). The molecule has 10 heavy (non-hydrogen) atoms. The van der Waals surface area contributed by atoms with Crippen molar-refractivity contribution in [2.45, 2.75) is 24.6 Å². The van der Waals surface area contributed by atoms with Gasteiger partial charge in [0.2, 0.25) is 0 Å². The number of carbonyl (C=O) groups excluding carboxylic acids is 1. The molecule has 0 amide bonds. The molecule has 0 aromatic carbocycles. The second-order valence-corrected chi connectivity index (χ2v) is 4.00. The normalized spacial score (nSPS) is 51.7. The van der Waals surface area contributed by atoms with Gasteiger partial charge in [0.05, 0.1) is 0 Å². The third-order valence-electron chi connectivity index (χ3n) is 3.03. The zero-order chi connectivity index (χ0) is 7.14. The molecule has 0 radical (unpaired) electrons. The van der Waals surface area contributed by atoms with Crippen LogP contribution in [0.3, 0.4) is 0 Å². The fourth-order valence-corrected chi connectivity index (χ4v) is 2.95. The minimum absolute atomic E-state index is 0.163. The molecule has 0 spiro atoms. The van der Waals surface area contributed by atoms with E-state index in [1.807, 2.05) is 0 Å². The van der Waals surface area contributed by atoms with Crippen LogP contribution >= 0.6 is 11.6 Å². The van der Waals surface area contributed by atoms with Gasteiger partial charge in [0.15, 0.2) is 0 Å². The van der Waals surface area contributed by atoms with E-state index in [9.17, 15) is 4.79 Å². The minimum atomic E-state index is 0.163. The summed E-state index contributed by atoms with van der Waals surface area (Å²) in [6, 6.07) is 0. The van der Waals surface area contributed by atoms with Crippen molar-refractivity contribution in [1.29, 1.82) is 0 Å². The first-order chi connectivity index (χ1) is 4.83. The van der Waals surface area contributed by atoms with Gasteiger partial charge in [0.1, 0.15) is 6.29 Å². The Kier molecular flexibility index (Phi) is 1.48. The third-order valence-corrected chi connectivity index (χ3v) is 3.68. The van der Waals surface area contributed by atoms with E-state index in [2.05, 4.69) is 0 Å². The standard InChI is InChI=1S/C8H11ClO/c9-8-6-2-1-5(3-6)7(8)4-10/h4-8H,1-3H2. The van der Waals surface area contributed by atoms with Crippen molar-refractivity contribution in [3.63, 3.8) is 0 Å². The lowest BCUT2D eigenvalue weighted by Crippen LogP contribution is -2.23. The highest BCUT2D eigenvalue weighted by Gasteiger charge is 2.46. The van der Waals surface area contributed by atoms with Crippen LogP contribution in [0.2, 0.25) is 0 Å². The molecule has 2 saturated carbocycles. The maximum absolute atomic E-state index is 10.5. The van der Waals surface area contributed by atoms with Gasteiger partial charge in [-0.3, -0.25) is 0 Å². The highest BCUT2D eigenvalue weighted by molar-refractivity contribution is 6.22. The maximum atomic E-state index is 10.5. The maximum Gasteiger partial charge on any atom is 0.124 e. The van der Waals surface area contributed by atoms with E-state index in [-0.39, 0.29) is 11.3 Å². The number of carbonyl (C=O) groups is 1. The lowest BCUT2D eigenvalue weighted by atomic mass is 9.90. The van der Waals surface area contributed by atoms with Gasteiger partial charge >= 0.3 is 0 Å². The second-order valence-electron chi connectivity index (χ2n) is 3.49. The van der Waals surface area contributed by atoms with Crippen LogP contribution in [0.15, 0.2) is 0 Å². The van der Waals surface area contributed by atoms with Crippen LogP contribution in [0.5, 0.6) is 0 Å². The molecule has 0 aromatic rings. The van der Waals surface area contributed by atoms with Gasteiger partial charge in [-0.25, -0.2) is 0 Å². The molecule has 2 aliphatic rings. The van der Waals surface area contributed by atoms with Crippen LogP contribution in [0.4, 0.5) is 0 Å². The number of fused-ring (bicyclic) bond motifs is 2. The first-order valence-corrected chi connectivity index (χ1v) is 4.36. The first kappa shape index (κ1) is 6.66. The zero-order valence-electron chi connectivity index (χ0n) is 5.79. The average molecular weight is 159 g/mol. The molecule has 0 N–H and O–H groups in total. The van der Waals surface area contributed by atoms with Gasteiger partial charge in [0.25, 0.3) is 0 Å². The summed E-state index contributed by atoms with van der Waals surface area (Å²) in [5.74, 6) is 1.47. The quantitative estimate of drug-likeness (QED) is 0.421. The van der Waals surface area contributed by atoms with E-state index >= 15 is 0 Å². The van der Waals surface area contributed by atoms with Crippen molar-refractivity contribution < 1.29 is 4.79 Å². The van der Waals surface area contributed by atoms with Crippen molar-refractivity contribution >= 4 is 17.9 Å². The van der Waals surface area contributed by atoms with E-state index in [0.29, 0.717) is 11.8 Å². The molecule has 0 saturated heterocycles. The number of rotatable bonds is 1. The van der Waals surface area contributed by atoms with Crippen LogP contribution < -0.4 is 0 Å². The van der Waals surface area contributed by atoms with Gasteiger partial charge in [0, 0.05) is 11.3 Å². The van der Waals surface area contributed by atoms with Crippen molar-refractivity contribution in [1.82, 2.24) is 0 Å². The Morgan fingerprint density at radius 3 is 2.40 bits per heavy atom. The van der Waals surface area contributed by atoms with Gasteiger partial charge in [-0.15, -0.1) is 11.6 Å².